The Bertz CT molecular complexity index is 834. The topological polar surface area (TPSA) is 56.8 Å². The third kappa shape index (κ3) is 5.74. The fraction of sp³-hybridized carbons (Fsp3) is 0.320. The Morgan fingerprint density at radius 3 is 2.50 bits per heavy atom. The lowest BCUT2D eigenvalue weighted by atomic mass is 9.88. The third-order valence-corrected chi connectivity index (χ3v) is 4.71. The Morgan fingerprint density at radius 2 is 1.87 bits per heavy atom. The first-order valence-corrected chi connectivity index (χ1v) is 10.1. The van der Waals surface area contributed by atoms with Gasteiger partial charge < -0.3 is 19.5 Å². The van der Waals surface area contributed by atoms with Gasteiger partial charge in [0.1, 0.15) is 0 Å². The molecule has 0 aliphatic rings. The van der Waals surface area contributed by atoms with E-state index in [1.165, 1.54) is 0 Å². The van der Waals surface area contributed by atoms with E-state index in [1.807, 2.05) is 55.5 Å². The Balaban J connectivity index is 2.14. The first kappa shape index (κ1) is 23.2. The number of hydrogen-bond donors (Lipinski definition) is 1. The monoisotopic (exact) mass is 409 g/mol. The first-order valence-electron chi connectivity index (χ1n) is 10.1. The average molecular weight is 410 g/mol. The molecule has 0 spiro atoms. The van der Waals surface area contributed by atoms with E-state index in [0.717, 1.165) is 11.1 Å². The first-order chi connectivity index (χ1) is 14.6. The number of ether oxygens (including phenoxy) is 3. The van der Waals surface area contributed by atoms with E-state index >= 15 is 0 Å². The highest BCUT2D eigenvalue weighted by Crippen LogP contribution is 2.31. The molecule has 1 unspecified atom stereocenters. The zero-order valence-electron chi connectivity index (χ0n) is 17.9. The zero-order valence-corrected chi connectivity index (χ0v) is 17.9. The van der Waals surface area contributed by atoms with E-state index < -0.39 is 5.60 Å². The molecule has 0 saturated carbocycles. The molecule has 0 aromatic heterocycles. The Hall–Kier alpha value is -3.05. The van der Waals surface area contributed by atoms with Crippen molar-refractivity contribution in [3.8, 4) is 11.5 Å². The molecule has 1 atom stereocenters. The summed E-state index contributed by atoms with van der Waals surface area (Å²) in [7, 11) is 1.61. The molecule has 30 heavy (non-hydrogen) atoms. The minimum absolute atomic E-state index is 0.201. The predicted octanol–water partition coefficient (Wildman–Crippen LogP) is 4.43. The van der Waals surface area contributed by atoms with Gasteiger partial charge >= 0.3 is 0 Å². The minimum atomic E-state index is -1.15. The number of methoxy groups -OCH3 is 1. The minimum Gasteiger partial charge on any atom is -0.493 e. The van der Waals surface area contributed by atoms with Crippen LogP contribution < -0.4 is 14.8 Å². The van der Waals surface area contributed by atoms with Gasteiger partial charge in [0, 0.05) is 13.0 Å². The normalized spacial score (nSPS) is 12.5. The van der Waals surface area contributed by atoms with Crippen LogP contribution in [0.2, 0.25) is 0 Å². The standard InChI is InChI=1S/C25H31NO4/c1-5-16-25(30-18-6-2,21-11-9-8-10-12-21)24(27)26-17-15-20-13-14-22(29-7-3)23(19-20)28-4/h5-6,8-14,19H,1-2,7,15-18H2,3-4H3,(H,26,27). The molecule has 0 radical (unpaired) electrons. The summed E-state index contributed by atoms with van der Waals surface area (Å²) in [6, 6.07) is 15.3. The molecule has 0 fully saturated rings. The highest BCUT2D eigenvalue weighted by atomic mass is 16.5. The lowest BCUT2D eigenvalue weighted by Crippen LogP contribution is -2.47. The van der Waals surface area contributed by atoms with E-state index in [-0.39, 0.29) is 12.5 Å². The quantitative estimate of drug-likeness (QED) is 0.498. The lowest BCUT2D eigenvalue weighted by Gasteiger charge is -2.32. The summed E-state index contributed by atoms with van der Waals surface area (Å²) in [6.45, 7) is 10.7. The van der Waals surface area contributed by atoms with E-state index in [9.17, 15) is 4.79 Å². The van der Waals surface area contributed by atoms with Crippen molar-refractivity contribution < 1.29 is 19.0 Å². The third-order valence-electron chi connectivity index (χ3n) is 4.71. The highest BCUT2D eigenvalue weighted by molar-refractivity contribution is 5.87. The van der Waals surface area contributed by atoms with Crippen molar-refractivity contribution >= 4 is 5.91 Å². The zero-order chi connectivity index (χ0) is 21.8. The maximum Gasteiger partial charge on any atom is 0.257 e. The number of nitrogens with one attached hydrogen (secondary N) is 1. The molecule has 0 aliphatic carbocycles. The molecule has 2 aromatic carbocycles. The average Bonchev–Trinajstić information content (AvgIpc) is 2.78. The van der Waals surface area contributed by atoms with Gasteiger partial charge in [-0.3, -0.25) is 4.79 Å². The SMILES string of the molecule is C=CCOC(CC=C)(C(=O)NCCc1ccc(OCC)c(OC)c1)c1ccccc1. The fourth-order valence-electron chi connectivity index (χ4n) is 3.27. The van der Waals surface area contributed by atoms with Gasteiger partial charge in [-0.05, 0) is 36.6 Å². The lowest BCUT2D eigenvalue weighted by molar-refractivity contribution is -0.147. The summed E-state index contributed by atoms with van der Waals surface area (Å²) in [5, 5.41) is 3.02. The second-order valence-electron chi connectivity index (χ2n) is 6.71. The molecule has 0 aliphatic heterocycles. The summed E-state index contributed by atoms with van der Waals surface area (Å²) in [4.78, 5) is 13.3. The van der Waals surface area contributed by atoms with Gasteiger partial charge in [-0.1, -0.05) is 48.6 Å². The maximum absolute atomic E-state index is 13.3. The molecular weight excluding hydrogens is 378 g/mol. The van der Waals surface area contributed by atoms with Crippen LogP contribution in [0.4, 0.5) is 0 Å². The van der Waals surface area contributed by atoms with Crippen molar-refractivity contribution in [3.05, 3.63) is 85.0 Å². The van der Waals surface area contributed by atoms with Gasteiger partial charge in [0.15, 0.2) is 17.1 Å². The van der Waals surface area contributed by atoms with Gasteiger partial charge in [0.25, 0.3) is 5.91 Å². The largest absolute Gasteiger partial charge is 0.493 e. The predicted molar refractivity (Wildman–Crippen MR) is 120 cm³/mol. The number of benzene rings is 2. The van der Waals surface area contributed by atoms with Gasteiger partial charge in [-0.15, -0.1) is 13.2 Å². The molecule has 5 heteroatoms. The Kier molecular flexibility index (Phi) is 9.16. The molecule has 160 valence electrons. The molecule has 2 rings (SSSR count). The number of amides is 1. The van der Waals surface area contributed by atoms with E-state index in [2.05, 4.69) is 18.5 Å². The molecular formula is C25H31NO4. The molecule has 5 nitrogen and oxygen atoms in total. The summed E-state index contributed by atoms with van der Waals surface area (Å²) < 4.78 is 17.0. The molecule has 0 heterocycles. The van der Waals surface area contributed by atoms with Gasteiger partial charge in [0.2, 0.25) is 0 Å². The van der Waals surface area contributed by atoms with Crippen molar-refractivity contribution in [3.63, 3.8) is 0 Å². The van der Waals surface area contributed by atoms with Crippen LogP contribution in [0.15, 0.2) is 73.8 Å². The molecule has 1 amide bonds. The smallest absolute Gasteiger partial charge is 0.257 e. The van der Waals surface area contributed by atoms with Crippen LogP contribution in [0.5, 0.6) is 11.5 Å². The van der Waals surface area contributed by atoms with Gasteiger partial charge in [-0.2, -0.15) is 0 Å². The highest BCUT2D eigenvalue weighted by Gasteiger charge is 2.39. The molecule has 0 saturated heterocycles. The number of hydrogen-bond acceptors (Lipinski definition) is 4. The summed E-state index contributed by atoms with van der Waals surface area (Å²) in [6.07, 6.45) is 4.34. The van der Waals surface area contributed by atoms with E-state index in [4.69, 9.17) is 14.2 Å². The fourth-order valence-corrected chi connectivity index (χ4v) is 3.27. The number of carbonyl (C=O) groups is 1. The van der Waals surface area contributed by atoms with Crippen LogP contribution in [0.25, 0.3) is 0 Å². The van der Waals surface area contributed by atoms with Crippen molar-refractivity contribution in [2.45, 2.75) is 25.4 Å². The molecule has 1 N–H and O–H groups in total. The van der Waals surface area contributed by atoms with Crippen molar-refractivity contribution in [1.82, 2.24) is 5.32 Å². The van der Waals surface area contributed by atoms with Crippen molar-refractivity contribution in [2.24, 2.45) is 0 Å². The Morgan fingerprint density at radius 1 is 1.10 bits per heavy atom. The van der Waals surface area contributed by atoms with Crippen LogP contribution >= 0.6 is 0 Å². The summed E-state index contributed by atoms with van der Waals surface area (Å²) >= 11 is 0. The van der Waals surface area contributed by atoms with Gasteiger partial charge in [0.05, 0.1) is 20.3 Å². The second-order valence-corrected chi connectivity index (χ2v) is 6.71. The van der Waals surface area contributed by atoms with Crippen LogP contribution in [0, 0.1) is 0 Å². The molecule has 0 bridgehead atoms. The van der Waals surface area contributed by atoms with Crippen LogP contribution in [-0.4, -0.2) is 32.8 Å². The maximum atomic E-state index is 13.3. The van der Waals surface area contributed by atoms with Crippen molar-refractivity contribution in [1.29, 1.82) is 0 Å². The number of rotatable bonds is 13. The Labute approximate surface area is 179 Å². The van der Waals surface area contributed by atoms with E-state index in [1.54, 1.807) is 19.3 Å². The second kappa shape index (κ2) is 11.8. The summed E-state index contributed by atoms with van der Waals surface area (Å²) in [5.74, 6) is 1.19. The summed E-state index contributed by atoms with van der Waals surface area (Å²) in [5.41, 5.74) is 0.678. The van der Waals surface area contributed by atoms with Gasteiger partial charge in [-0.25, -0.2) is 0 Å². The van der Waals surface area contributed by atoms with Crippen molar-refractivity contribution in [2.75, 3.05) is 26.9 Å². The number of carbonyl (C=O) groups excluding carboxylic acids is 1. The van der Waals surface area contributed by atoms with Crippen LogP contribution in [0.3, 0.4) is 0 Å². The van der Waals surface area contributed by atoms with E-state index in [0.29, 0.717) is 37.5 Å². The molecule has 2 aromatic rings. The van der Waals surface area contributed by atoms with Crippen LogP contribution in [-0.2, 0) is 21.6 Å². The van der Waals surface area contributed by atoms with Crippen LogP contribution in [0.1, 0.15) is 24.5 Å².